The average molecular weight is 139 g/mol. The van der Waals surface area contributed by atoms with Crippen LogP contribution in [0.1, 0.15) is 20.8 Å². The molecule has 0 aliphatic heterocycles. The minimum absolute atomic E-state index is 0. The molecule has 0 rings (SSSR count). The van der Waals surface area contributed by atoms with E-state index in [-0.39, 0.29) is 24.8 Å². The third-order valence-corrected chi connectivity index (χ3v) is 1.66. The maximum absolute atomic E-state index is 10.3. The Morgan fingerprint density at radius 3 is 1.90 bits per heavy atom. The number of hydrogen-bond donors (Lipinski definition) is 2. The Morgan fingerprint density at radius 1 is 1.60 bits per heavy atom. The van der Waals surface area contributed by atoms with Gasteiger partial charge in [-0.25, -0.2) is 0 Å². The van der Waals surface area contributed by atoms with E-state index in [9.17, 15) is 4.79 Å². The van der Waals surface area contributed by atoms with Crippen LogP contribution in [-0.2, 0) is 4.79 Å². The van der Waals surface area contributed by atoms with Gasteiger partial charge in [0, 0.05) is 0 Å². The van der Waals surface area contributed by atoms with Crippen molar-refractivity contribution in [3.8, 4) is 0 Å². The Hall–Kier alpha value is 0.0274. The van der Waals surface area contributed by atoms with Crippen molar-refractivity contribution in [1.29, 1.82) is 0 Å². The third-order valence-electron chi connectivity index (χ3n) is 1.66. The summed E-state index contributed by atoms with van der Waals surface area (Å²) in [4.78, 5) is 10.3. The number of aliphatic carboxylic acids is 1. The van der Waals surface area contributed by atoms with Crippen LogP contribution < -0.4 is 5.73 Å². The quantitative estimate of drug-likeness (QED) is 0.520. The Balaban J connectivity index is 0. The van der Waals surface area contributed by atoms with E-state index in [4.69, 9.17) is 10.8 Å². The third kappa shape index (κ3) is 2.74. The van der Waals surface area contributed by atoms with Crippen LogP contribution in [0.25, 0.3) is 0 Å². The molecule has 0 radical (unpaired) electrons. The van der Waals surface area contributed by atoms with Gasteiger partial charge in [-0.2, -0.15) is 0 Å². The Labute approximate surface area is 73.2 Å². The fourth-order valence-corrected chi connectivity index (χ4v) is 0.247. The Bertz CT molecular complexity index is 123. The fraction of sp³-hybridized carbons (Fsp3) is 0.833. The van der Waals surface area contributed by atoms with Crippen LogP contribution in [-0.4, -0.2) is 35.5 Å². The zero-order chi connectivity index (χ0) is 7.65. The molecule has 1 atom stereocenters. The molecule has 0 aliphatic rings. The first-order chi connectivity index (χ1) is 3.89. The second kappa shape index (κ2) is 4.02. The molecule has 0 bridgehead atoms. The molecular formula is C6H14LiNO2. The molecule has 0 aliphatic carbocycles. The van der Waals surface area contributed by atoms with Gasteiger partial charge in [-0.15, -0.1) is 0 Å². The van der Waals surface area contributed by atoms with Crippen LogP contribution in [0.2, 0.25) is 0 Å². The van der Waals surface area contributed by atoms with Crippen molar-refractivity contribution in [3.63, 3.8) is 0 Å². The molecule has 0 saturated heterocycles. The molecule has 0 heterocycles. The second-order valence-corrected chi connectivity index (χ2v) is 2.74. The molecule has 0 amide bonds. The summed E-state index contributed by atoms with van der Waals surface area (Å²) < 4.78 is 0. The fourth-order valence-electron chi connectivity index (χ4n) is 0.247. The molecule has 56 valence electrons. The van der Waals surface area contributed by atoms with Crippen molar-refractivity contribution in [1.82, 2.24) is 0 Å². The molecule has 0 spiro atoms. The molecule has 3 N–H and O–H groups in total. The van der Waals surface area contributed by atoms with E-state index in [1.54, 1.807) is 13.8 Å². The van der Waals surface area contributed by atoms with Gasteiger partial charge in [0.15, 0.2) is 0 Å². The molecule has 0 aromatic heterocycles. The summed E-state index contributed by atoms with van der Waals surface area (Å²) in [5, 5.41) is 8.49. The first-order valence-electron chi connectivity index (χ1n) is 2.91. The van der Waals surface area contributed by atoms with Crippen LogP contribution >= 0.6 is 0 Å². The van der Waals surface area contributed by atoms with Crippen molar-refractivity contribution in [2.75, 3.05) is 0 Å². The SMILES string of the molecule is CC(C)[C@](C)(N)C(=O)O.[LiH]. The molecular weight excluding hydrogens is 125 g/mol. The molecule has 0 fully saturated rings. The first-order valence-corrected chi connectivity index (χ1v) is 2.91. The van der Waals surface area contributed by atoms with Crippen LogP contribution in [0.5, 0.6) is 0 Å². The van der Waals surface area contributed by atoms with Crippen LogP contribution in [0.3, 0.4) is 0 Å². The van der Waals surface area contributed by atoms with Crippen molar-refractivity contribution in [2.45, 2.75) is 26.3 Å². The van der Waals surface area contributed by atoms with E-state index in [2.05, 4.69) is 0 Å². The Kier molecular flexibility index (Phi) is 5.10. The summed E-state index contributed by atoms with van der Waals surface area (Å²) in [6, 6.07) is 0. The number of carboxylic acid groups (broad SMARTS) is 1. The van der Waals surface area contributed by atoms with E-state index < -0.39 is 11.5 Å². The number of carbonyl (C=O) groups is 1. The summed E-state index contributed by atoms with van der Waals surface area (Å²) in [6.45, 7) is 5.09. The van der Waals surface area contributed by atoms with Gasteiger partial charge < -0.3 is 10.8 Å². The summed E-state index contributed by atoms with van der Waals surface area (Å²) in [7, 11) is 0. The second-order valence-electron chi connectivity index (χ2n) is 2.74. The molecule has 0 unspecified atom stereocenters. The van der Waals surface area contributed by atoms with Gasteiger partial charge in [0.25, 0.3) is 0 Å². The number of carboxylic acids is 1. The predicted molar refractivity (Wildman–Crippen MR) is 42.2 cm³/mol. The number of rotatable bonds is 2. The Morgan fingerprint density at radius 2 is 1.90 bits per heavy atom. The number of hydrogen-bond acceptors (Lipinski definition) is 2. The molecule has 4 heteroatoms. The molecule has 3 nitrogen and oxygen atoms in total. The van der Waals surface area contributed by atoms with Crippen molar-refractivity contribution >= 4 is 24.8 Å². The molecule has 0 aromatic carbocycles. The normalized spacial score (nSPS) is 15.7. The van der Waals surface area contributed by atoms with E-state index >= 15 is 0 Å². The van der Waals surface area contributed by atoms with Gasteiger partial charge >= 0.3 is 24.8 Å². The first kappa shape index (κ1) is 12.7. The standard InChI is InChI=1S/C6H13NO2.Li.H/c1-4(2)6(3,7)5(8)9;;/h4H,7H2,1-3H3,(H,8,9);;/t6-;;/m0../s1. The van der Waals surface area contributed by atoms with Crippen molar-refractivity contribution < 1.29 is 9.90 Å². The molecule has 0 saturated carbocycles. The van der Waals surface area contributed by atoms with Crippen molar-refractivity contribution in [3.05, 3.63) is 0 Å². The predicted octanol–water partition coefficient (Wildman–Crippen LogP) is -0.204. The summed E-state index contributed by atoms with van der Waals surface area (Å²) in [5.74, 6) is -0.979. The average Bonchev–Trinajstić information content (AvgIpc) is 1.65. The van der Waals surface area contributed by atoms with Crippen LogP contribution in [0.4, 0.5) is 0 Å². The summed E-state index contributed by atoms with van der Waals surface area (Å²) in [5.41, 5.74) is 4.32. The van der Waals surface area contributed by atoms with Gasteiger partial charge in [-0.05, 0) is 12.8 Å². The maximum atomic E-state index is 10.3. The molecule has 0 aromatic rings. The van der Waals surface area contributed by atoms with Gasteiger partial charge in [0.2, 0.25) is 0 Å². The van der Waals surface area contributed by atoms with E-state index in [1.807, 2.05) is 0 Å². The summed E-state index contributed by atoms with van der Waals surface area (Å²) in [6.07, 6.45) is 0. The van der Waals surface area contributed by atoms with Gasteiger partial charge in [-0.1, -0.05) is 13.8 Å². The monoisotopic (exact) mass is 139 g/mol. The topological polar surface area (TPSA) is 63.3 Å². The van der Waals surface area contributed by atoms with Gasteiger partial charge in [0.1, 0.15) is 5.54 Å². The van der Waals surface area contributed by atoms with Crippen molar-refractivity contribution in [2.24, 2.45) is 11.7 Å². The van der Waals surface area contributed by atoms with Crippen LogP contribution in [0, 0.1) is 5.92 Å². The van der Waals surface area contributed by atoms with Gasteiger partial charge in [0.05, 0.1) is 0 Å². The van der Waals surface area contributed by atoms with E-state index in [1.165, 1.54) is 6.92 Å². The van der Waals surface area contributed by atoms with Gasteiger partial charge in [-0.3, -0.25) is 4.79 Å². The van der Waals surface area contributed by atoms with Crippen LogP contribution in [0.15, 0.2) is 0 Å². The zero-order valence-corrected chi connectivity index (χ0v) is 6.01. The van der Waals surface area contributed by atoms with E-state index in [0.717, 1.165) is 0 Å². The zero-order valence-electron chi connectivity index (χ0n) is 6.01. The summed E-state index contributed by atoms with van der Waals surface area (Å²) >= 11 is 0. The number of nitrogens with two attached hydrogens (primary N) is 1. The molecule has 10 heavy (non-hydrogen) atoms. The minimum atomic E-state index is -1.08. The van der Waals surface area contributed by atoms with E-state index in [0.29, 0.717) is 0 Å².